The summed E-state index contributed by atoms with van der Waals surface area (Å²) < 4.78 is 0. The van der Waals surface area contributed by atoms with Crippen LogP contribution in [0.25, 0.3) is 0 Å². The Morgan fingerprint density at radius 3 is 1.60 bits per heavy atom. The van der Waals surface area contributed by atoms with E-state index in [9.17, 15) is 0 Å². The Hall–Kier alpha value is 0.530. The Kier molecular flexibility index (Phi) is 15.0. The number of hydrogen-bond donors (Lipinski definition) is 0. The fraction of sp³-hybridized carbons (Fsp3) is 0.667. The van der Waals surface area contributed by atoms with Gasteiger partial charge in [0.25, 0.3) is 0 Å². The lowest BCUT2D eigenvalue weighted by Crippen LogP contribution is -1.77. The van der Waals surface area contributed by atoms with Crippen molar-refractivity contribution in [3.8, 4) is 0 Å². The standard InChI is InChI=1S/C12H22S3/c1-3-5-7-9-11-13-15-14-12-10-8-6-4-2/h3-4H,1-2,5-12H2. The van der Waals surface area contributed by atoms with Gasteiger partial charge in [-0.3, -0.25) is 0 Å². The van der Waals surface area contributed by atoms with Crippen molar-refractivity contribution in [3.63, 3.8) is 0 Å². The van der Waals surface area contributed by atoms with Crippen molar-refractivity contribution in [2.24, 2.45) is 0 Å². The molecule has 0 atom stereocenters. The van der Waals surface area contributed by atoms with E-state index in [2.05, 4.69) is 13.2 Å². The average Bonchev–Trinajstić information content (AvgIpc) is 2.26. The number of allylic oxidation sites excluding steroid dienone is 2. The lowest BCUT2D eigenvalue weighted by Gasteiger charge is -2.00. The zero-order valence-corrected chi connectivity index (χ0v) is 11.9. The Balaban J connectivity index is 2.86. The molecule has 0 aromatic carbocycles. The lowest BCUT2D eigenvalue weighted by atomic mass is 10.2. The Morgan fingerprint density at radius 2 is 1.20 bits per heavy atom. The molecule has 0 rings (SSSR count). The molecule has 0 aromatic heterocycles. The summed E-state index contributed by atoms with van der Waals surface area (Å²) in [5, 5.41) is 0. The van der Waals surface area contributed by atoms with Crippen LogP contribution < -0.4 is 0 Å². The van der Waals surface area contributed by atoms with E-state index in [1.807, 2.05) is 43.6 Å². The van der Waals surface area contributed by atoms with Crippen LogP contribution in [0.1, 0.15) is 38.5 Å². The minimum Gasteiger partial charge on any atom is -0.103 e. The first-order chi connectivity index (χ1) is 7.41. The lowest BCUT2D eigenvalue weighted by molar-refractivity contribution is 0.825. The van der Waals surface area contributed by atoms with E-state index in [0.717, 1.165) is 0 Å². The van der Waals surface area contributed by atoms with Gasteiger partial charge in [0, 0.05) is 11.5 Å². The molecule has 0 N–H and O–H groups in total. The molecule has 0 spiro atoms. The third-order valence-electron chi connectivity index (χ3n) is 1.87. The fourth-order valence-electron chi connectivity index (χ4n) is 1.00. The molecule has 0 aliphatic carbocycles. The number of hydrogen-bond acceptors (Lipinski definition) is 3. The van der Waals surface area contributed by atoms with Gasteiger partial charge >= 0.3 is 0 Å². The highest BCUT2D eigenvalue weighted by Crippen LogP contribution is 2.35. The summed E-state index contributed by atoms with van der Waals surface area (Å²) in [5.41, 5.74) is 0. The van der Waals surface area contributed by atoms with Gasteiger partial charge in [0.1, 0.15) is 0 Å². The molecule has 15 heavy (non-hydrogen) atoms. The molecule has 3 heteroatoms. The summed E-state index contributed by atoms with van der Waals surface area (Å²) in [7, 11) is 5.94. The molecule has 0 saturated carbocycles. The second-order valence-corrected chi connectivity index (χ2v) is 7.75. The normalized spacial score (nSPS) is 10.1. The molecule has 0 radical (unpaired) electrons. The molecule has 0 heterocycles. The largest absolute Gasteiger partial charge is 0.103 e. The van der Waals surface area contributed by atoms with E-state index in [0.29, 0.717) is 0 Å². The second kappa shape index (κ2) is 14.5. The first-order valence-electron chi connectivity index (χ1n) is 5.54. The number of unbranched alkanes of at least 4 members (excludes halogenated alkanes) is 4. The molecular formula is C12H22S3. The van der Waals surface area contributed by atoms with Gasteiger partial charge in [-0.1, -0.05) is 33.7 Å². The second-order valence-electron chi connectivity index (χ2n) is 3.28. The van der Waals surface area contributed by atoms with Gasteiger partial charge < -0.3 is 0 Å². The molecule has 0 unspecified atom stereocenters. The molecule has 0 bridgehead atoms. The van der Waals surface area contributed by atoms with Crippen LogP contribution in [0.5, 0.6) is 0 Å². The van der Waals surface area contributed by atoms with Gasteiger partial charge in [0.15, 0.2) is 0 Å². The predicted octanol–water partition coefficient (Wildman–Crippen LogP) is 5.73. The van der Waals surface area contributed by atoms with Crippen LogP contribution in [-0.4, -0.2) is 11.5 Å². The third kappa shape index (κ3) is 14.5. The summed E-state index contributed by atoms with van der Waals surface area (Å²) in [6, 6.07) is 0. The van der Waals surface area contributed by atoms with Crippen molar-refractivity contribution in [1.29, 1.82) is 0 Å². The highest BCUT2D eigenvalue weighted by atomic mass is 33.5. The van der Waals surface area contributed by atoms with Crippen molar-refractivity contribution in [3.05, 3.63) is 25.3 Å². The van der Waals surface area contributed by atoms with Crippen molar-refractivity contribution in [2.75, 3.05) is 11.5 Å². The predicted molar refractivity (Wildman–Crippen MR) is 80.6 cm³/mol. The average molecular weight is 263 g/mol. The zero-order valence-electron chi connectivity index (χ0n) is 9.45. The third-order valence-corrected chi connectivity index (χ3v) is 6.28. The van der Waals surface area contributed by atoms with E-state index >= 15 is 0 Å². The van der Waals surface area contributed by atoms with Gasteiger partial charge in [-0.2, -0.15) is 0 Å². The van der Waals surface area contributed by atoms with Gasteiger partial charge in [0.05, 0.1) is 0 Å². The molecule has 0 saturated heterocycles. The molecular weight excluding hydrogens is 240 g/mol. The summed E-state index contributed by atoms with van der Waals surface area (Å²) in [6.07, 6.45) is 11.6. The van der Waals surface area contributed by atoms with Crippen LogP contribution >= 0.6 is 31.4 Å². The maximum Gasteiger partial charge on any atom is 0.00452 e. The van der Waals surface area contributed by atoms with Crippen LogP contribution in [0.3, 0.4) is 0 Å². The monoisotopic (exact) mass is 262 g/mol. The van der Waals surface area contributed by atoms with Crippen molar-refractivity contribution in [2.45, 2.75) is 38.5 Å². The van der Waals surface area contributed by atoms with Crippen LogP contribution in [0.15, 0.2) is 25.3 Å². The first-order valence-corrected chi connectivity index (χ1v) is 9.37. The van der Waals surface area contributed by atoms with E-state index in [-0.39, 0.29) is 0 Å². The fourth-order valence-corrected chi connectivity index (χ4v) is 5.01. The molecule has 0 aliphatic rings. The van der Waals surface area contributed by atoms with Crippen LogP contribution in [0.2, 0.25) is 0 Å². The summed E-state index contributed by atoms with van der Waals surface area (Å²) >= 11 is 0. The van der Waals surface area contributed by atoms with Crippen molar-refractivity contribution in [1.82, 2.24) is 0 Å². The van der Waals surface area contributed by atoms with Gasteiger partial charge in [0.2, 0.25) is 0 Å². The maximum absolute atomic E-state index is 3.72. The smallest absolute Gasteiger partial charge is 0.00452 e. The highest BCUT2D eigenvalue weighted by Gasteiger charge is 1.92. The molecule has 0 nitrogen and oxygen atoms in total. The summed E-state index contributed by atoms with van der Waals surface area (Å²) in [5.74, 6) is 2.55. The minimum absolute atomic E-state index is 1.17. The number of rotatable bonds is 12. The molecule has 88 valence electrons. The molecule has 0 amide bonds. The van der Waals surface area contributed by atoms with Crippen molar-refractivity contribution >= 4 is 31.4 Å². The van der Waals surface area contributed by atoms with Gasteiger partial charge in [-0.05, 0) is 48.4 Å². The van der Waals surface area contributed by atoms with E-state index in [4.69, 9.17) is 0 Å². The molecule has 0 fully saturated rings. The summed E-state index contributed by atoms with van der Waals surface area (Å²) in [4.78, 5) is 0. The van der Waals surface area contributed by atoms with Crippen molar-refractivity contribution < 1.29 is 0 Å². The molecule has 0 aliphatic heterocycles. The Bertz CT molecular complexity index is 130. The van der Waals surface area contributed by atoms with E-state index in [1.54, 1.807) is 0 Å². The van der Waals surface area contributed by atoms with E-state index in [1.165, 1.54) is 50.0 Å². The minimum atomic E-state index is 1.17. The summed E-state index contributed by atoms with van der Waals surface area (Å²) in [6.45, 7) is 7.44. The Labute approximate surface area is 107 Å². The quantitative estimate of drug-likeness (QED) is 0.250. The topological polar surface area (TPSA) is 0 Å². The Morgan fingerprint density at radius 1 is 0.733 bits per heavy atom. The van der Waals surface area contributed by atoms with Crippen LogP contribution in [-0.2, 0) is 0 Å². The SMILES string of the molecule is C=CCCCCSSSCCCCC=C. The molecule has 0 aromatic rings. The van der Waals surface area contributed by atoms with Gasteiger partial charge in [-0.15, -0.1) is 13.2 Å². The first kappa shape index (κ1) is 15.5. The maximum atomic E-state index is 3.72. The van der Waals surface area contributed by atoms with Gasteiger partial charge in [-0.25, -0.2) is 0 Å². The van der Waals surface area contributed by atoms with E-state index < -0.39 is 0 Å². The zero-order chi connectivity index (χ0) is 11.2. The highest BCUT2D eigenvalue weighted by molar-refractivity contribution is 9.09. The van der Waals surface area contributed by atoms with Crippen LogP contribution in [0, 0.1) is 0 Å². The van der Waals surface area contributed by atoms with Crippen LogP contribution in [0.4, 0.5) is 0 Å².